The van der Waals surface area contributed by atoms with Gasteiger partial charge in [0.15, 0.2) is 0 Å². The summed E-state index contributed by atoms with van der Waals surface area (Å²) in [6.45, 7) is 51.4. The smallest absolute Gasteiger partial charge is 0.135 e. The molecule has 2 rings (SSSR count). The Kier molecular flexibility index (Phi) is 89.4. The van der Waals surface area contributed by atoms with Crippen molar-refractivity contribution in [1.29, 1.82) is 0 Å². The number of ketones is 6. The predicted octanol–water partition coefficient (Wildman–Crippen LogP) is 21.9. The zero-order valence-corrected chi connectivity index (χ0v) is 63.7. The molecule has 530 valence electrons. The van der Waals surface area contributed by atoms with Crippen molar-refractivity contribution in [2.45, 2.75) is 346 Å². The molecular formula is C79H148O11. The summed E-state index contributed by atoms with van der Waals surface area (Å²) in [4.78, 5) is 113. The molecule has 90 heavy (non-hydrogen) atoms. The molecule has 1 aromatic rings. The zero-order valence-electron chi connectivity index (χ0n) is 63.7. The Bertz CT molecular complexity index is 1790. The van der Waals surface area contributed by atoms with E-state index in [0.29, 0.717) is 70.8 Å². The van der Waals surface area contributed by atoms with Gasteiger partial charge < -0.3 is 33.6 Å². The maximum Gasteiger partial charge on any atom is 0.135 e. The largest absolute Gasteiger partial charge is 0.303 e. The second kappa shape index (κ2) is 77.0. The summed E-state index contributed by atoms with van der Waals surface area (Å²) in [5.41, 5.74) is 1.26. The highest BCUT2D eigenvalue weighted by molar-refractivity contribution is 5.81. The molecule has 0 N–H and O–H groups in total. The van der Waals surface area contributed by atoms with Gasteiger partial charge in [0.25, 0.3) is 0 Å². The average molecular weight is 1270 g/mol. The summed E-state index contributed by atoms with van der Waals surface area (Å²) in [6, 6.07) is 10.5. The van der Waals surface area contributed by atoms with Crippen LogP contribution in [0.5, 0.6) is 0 Å². The lowest BCUT2D eigenvalue weighted by atomic mass is 9.84. The third kappa shape index (κ3) is 90.0. The Morgan fingerprint density at radius 3 is 1.12 bits per heavy atom. The molecule has 6 unspecified atom stereocenters. The Morgan fingerprint density at radius 1 is 0.478 bits per heavy atom. The van der Waals surface area contributed by atoms with Crippen molar-refractivity contribution in [3.63, 3.8) is 0 Å². The molecule has 0 radical (unpaired) electrons. The van der Waals surface area contributed by atoms with Crippen molar-refractivity contribution in [2.75, 3.05) is 0 Å². The Morgan fingerprint density at radius 2 is 0.900 bits per heavy atom. The molecule has 0 bridgehead atoms. The summed E-state index contributed by atoms with van der Waals surface area (Å²) < 4.78 is 0. The van der Waals surface area contributed by atoms with E-state index >= 15 is 0 Å². The fourth-order valence-corrected chi connectivity index (χ4v) is 6.93. The van der Waals surface area contributed by atoms with Gasteiger partial charge in [-0.3, -0.25) is 19.2 Å². The summed E-state index contributed by atoms with van der Waals surface area (Å²) >= 11 is 0. The topological polar surface area (TPSA) is 188 Å². The molecule has 6 atom stereocenters. The van der Waals surface area contributed by atoms with E-state index in [1.165, 1.54) is 31.2 Å². The lowest BCUT2D eigenvalue weighted by Gasteiger charge is -2.20. The fourth-order valence-electron chi connectivity index (χ4n) is 6.93. The first-order valence-electron chi connectivity index (χ1n) is 35.5. The molecule has 0 aliphatic heterocycles. The van der Waals surface area contributed by atoms with E-state index in [0.717, 1.165) is 166 Å². The van der Waals surface area contributed by atoms with Gasteiger partial charge in [0.2, 0.25) is 0 Å². The van der Waals surface area contributed by atoms with Gasteiger partial charge in [-0.15, -0.1) is 0 Å². The monoisotopic (exact) mass is 1270 g/mol. The van der Waals surface area contributed by atoms with Gasteiger partial charge in [-0.2, -0.15) is 0 Å². The van der Waals surface area contributed by atoms with Gasteiger partial charge in [-0.05, 0) is 147 Å². The first-order chi connectivity index (χ1) is 42.1. The lowest BCUT2D eigenvalue weighted by molar-refractivity contribution is -0.124. The molecule has 1 aliphatic carbocycles. The quantitative estimate of drug-likeness (QED) is 0.0644. The number of benzene rings is 1. The van der Waals surface area contributed by atoms with E-state index in [-0.39, 0.29) is 29.0 Å². The number of aldehydes is 5. The first kappa shape index (κ1) is 104. The number of carbonyl (C=O) groups excluding carboxylic acids is 11. The van der Waals surface area contributed by atoms with Gasteiger partial charge in [-0.25, -0.2) is 0 Å². The third-order valence-electron chi connectivity index (χ3n) is 15.4. The van der Waals surface area contributed by atoms with Crippen molar-refractivity contribution in [2.24, 2.45) is 58.7 Å². The molecule has 0 saturated heterocycles. The number of hydrogen-bond donors (Lipinski definition) is 0. The Balaban J connectivity index is -0.000000116. The summed E-state index contributed by atoms with van der Waals surface area (Å²) in [7, 11) is 0. The van der Waals surface area contributed by atoms with Gasteiger partial charge >= 0.3 is 0 Å². The van der Waals surface area contributed by atoms with Crippen LogP contribution in [0.1, 0.15) is 352 Å². The van der Waals surface area contributed by atoms with E-state index < -0.39 is 0 Å². The Hall–Kier alpha value is -4.41. The molecule has 0 aromatic heterocycles. The molecule has 0 amide bonds. The molecule has 0 heterocycles. The molecule has 1 aliphatic rings. The van der Waals surface area contributed by atoms with Crippen molar-refractivity contribution >= 4 is 66.1 Å². The molecular weight excluding hydrogens is 1120 g/mol. The second-order valence-electron chi connectivity index (χ2n) is 26.3. The first-order valence-corrected chi connectivity index (χ1v) is 35.5. The van der Waals surface area contributed by atoms with Crippen LogP contribution < -0.4 is 0 Å². The highest BCUT2D eigenvalue weighted by Gasteiger charge is 2.19. The van der Waals surface area contributed by atoms with Gasteiger partial charge in [-0.1, -0.05) is 215 Å². The predicted molar refractivity (Wildman–Crippen MR) is 386 cm³/mol. The fraction of sp³-hybridized carbons (Fsp3) is 0.785. The van der Waals surface area contributed by atoms with Crippen LogP contribution >= 0.6 is 0 Å². The van der Waals surface area contributed by atoms with Gasteiger partial charge in [0.1, 0.15) is 66.1 Å². The molecule has 11 heteroatoms. The summed E-state index contributed by atoms with van der Waals surface area (Å²) in [5.74, 6) is 6.32. The highest BCUT2D eigenvalue weighted by Crippen LogP contribution is 2.30. The number of Topliss-reactive ketones (excluding diaryl/α,β-unsaturated/α-hetero) is 6. The number of hydrogen-bond acceptors (Lipinski definition) is 11. The van der Waals surface area contributed by atoms with Crippen LogP contribution in [-0.4, -0.2) is 66.1 Å². The van der Waals surface area contributed by atoms with Crippen LogP contribution in [0.4, 0.5) is 0 Å². The molecule has 0 spiro atoms. The normalized spacial score (nSPS) is 13.1. The van der Waals surface area contributed by atoms with Crippen LogP contribution in [-0.2, 0) is 52.7 Å². The number of rotatable bonds is 31. The molecule has 11 nitrogen and oxygen atoms in total. The van der Waals surface area contributed by atoms with E-state index in [4.69, 9.17) is 0 Å². The third-order valence-corrected chi connectivity index (χ3v) is 15.4. The maximum atomic E-state index is 11.0. The van der Waals surface area contributed by atoms with Crippen LogP contribution in [0.2, 0.25) is 0 Å². The molecule has 1 fully saturated rings. The van der Waals surface area contributed by atoms with Crippen molar-refractivity contribution in [3.05, 3.63) is 35.9 Å². The minimum atomic E-state index is -0.139. The van der Waals surface area contributed by atoms with Crippen molar-refractivity contribution < 1.29 is 52.7 Å². The summed E-state index contributed by atoms with van der Waals surface area (Å²) in [5, 5.41) is 0. The van der Waals surface area contributed by atoms with Crippen LogP contribution in [0.15, 0.2) is 30.3 Å². The standard InChI is InChI=1S/C12H14O.C9H18O.2C8H16O.2C7H14O.3C6H12O.2C5H10O/c13-12-8-6-11(7-9-12)10-4-2-1-3-5-10;1-4-5-8(2)6-7-9(3)10;1-4-6-8(9)7(3)5-2;1-3-5-6-8(4-2)7-9;1-6(2)4-5-7(3)8;1-3-5-7(4-2)6-8;1-5(7)6(2,3)4;1-4-5(2)6(3)7;1-3-6(4-2)5-7;1-5(2)3-4-6;1-3-5(2)4-6/h1-5,11H,6-9H2;8H,4-7H2,1-3H3;7H,4-6H2,1-3H3;7-8H,3-6H2,1-2H3;6H,4-5H2,1-3H3;6-7H,3-5H2,1-2H3;1-4H3;5H,4H2,1-3H3;5-6H,3-4H2,1-2H3;2*4-5H,3H2,1-2H3. The minimum absolute atomic E-state index is 0.139. The SMILES string of the molecule is CC(=O)C(C)(C)C.CC(=O)CCC(C)C.CC(C)CC=O.CCC(C)C(C)=O.CCC(C)C=O.CCC(C=O)CC.CCCC(=O)C(C)CC.CCCC(C)CCC(C)=O.CCCC(C=O)CC.CCCCC(C=O)CC.O=C1CCC(c2ccccc2)CC1. The summed E-state index contributed by atoms with van der Waals surface area (Å²) in [6.07, 6.45) is 29.8. The highest BCUT2D eigenvalue weighted by atomic mass is 16.2. The van der Waals surface area contributed by atoms with E-state index in [2.05, 4.69) is 86.6 Å². The zero-order chi connectivity index (χ0) is 72.1. The molecule has 1 aromatic carbocycles. The van der Waals surface area contributed by atoms with Crippen molar-refractivity contribution in [3.8, 4) is 0 Å². The van der Waals surface area contributed by atoms with E-state index in [9.17, 15) is 52.7 Å². The van der Waals surface area contributed by atoms with Gasteiger partial charge in [0.05, 0.1) is 0 Å². The van der Waals surface area contributed by atoms with Crippen LogP contribution in [0.25, 0.3) is 0 Å². The molecule has 1 saturated carbocycles. The van der Waals surface area contributed by atoms with Crippen LogP contribution in [0, 0.1) is 58.7 Å². The van der Waals surface area contributed by atoms with Crippen LogP contribution in [0.3, 0.4) is 0 Å². The van der Waals surface area contributed by atoms with Crippen molar-refractivity contribution in [1.82, 2.24) is 0 Å². The number of unbranched alkanes of at least 4 members (excludes halogenated alkanes) is 1. The maximum absolute atomic E-state index is 11.0. The van der Waals surface area contributed by atoms with E-state index in [1.54, 1.807) is 27.7 Å². The lowest BCUT2D eigenvalue weighted by Crippen LogP contribution is -2.15. The van der Waals surface area contributed by atoms with E-state index in [1.807, 2.05) is 96.1 Å². The van der Waals surface area contributed by atoms with Gasteiger partial charge in [0, 0.05) is 79.4 Å². The second-order valence-corrected chi connectivity index (χ2v) is 26.3. The average Bonchev–Trinajstić information content (AvgIpc) is 3.64. The minimum Gasteiger partial charge on any atom is -0.303 e. The Labute approximate surface area is 557 Å². The number of carbonyl (C=O) groups is 11.